The van der Waals surface area contributed by atoms with Crippen LogP contribution in [-0.2, 0) is 0 Å². The molecule has 2 heterocycles. The zero-order valence-electron chi connectivity index (χ0n) is 19.1. The highest BCUT2D eigenvalue weighted by atomic mass is 16.6. The van der Waals surface area contributed by atoms with E-state index in [0.717, 1.165) is 5.69 Å². The van der Waals surface area contributed by atoms with Gasteiger partial charge in [-0.25, -0.2) is 9.36 Å². The van der Waals surface area contributed by atoms with Crippen molar-refractivity contribution in [1.29, 1.82) is 0 Å². The number of aliphatic hydroxyl groups is 1. The summed E-state index contributed by atoms with van der Waals surface area (Å²) < 4.78 is 6.82. The summed E-state index contributed by atoms with van der Waals surface area (Å²) >= 11 is 0. The van der Waals surface area contributed by atoms with Crippen LogP contribution in [0.25, 0.3) is 5.95 Å². The molecule has 0 fully saturated rings. The molecule has 2 aromatic heterocycles. The molecular weight excluding hydrogens is 450 g/mol. The fourth-order valence-electron chi connectivity index (χ4n) is 3.11. The molecule has 0 unspecified atom stereocenters. The smallest absolute Gasteiger partial charge is 0.444 e. The van der Waals surface area contributed by atoms with Crippen molar-refractivity contribution in [3.8, 4) is 11.7 Å². The van der Waals surface area contributed by atoms with Crippen LogP contribution in [0.15, 0.2) is 73.1 Å². The molecule has 0 bridgehead atoms. The zero-order chi connectivity index (χ0) is 24.8. The molecule has 0 aliphatic heterocycles. The molecule has 4 aromatic rings. The van der Waals surface area contributed by atoms with Crippen molar-refractivity contribution in [3.63, 3.8) is 0 Å². The Hall–Kier alpha value is -4.77. The molecule has 0 radical (unpaired) electrons. The standard InChI is InChI=1S/C24H23N7O4/c1-30(2)19-11-13-31(14-12-19)24-28-22(25-17-5-3-16(4-6-17)21(33)34)27-23(29-24)26-18-7-9-20(10-8-18)35-15-32/h3-14,32H,15H2,1-2H3,(H2-,25,26,27,28,29,33,34)/p+1. The molecule has 2 aromatic carbocycles. The third kappa shape index (κ3) is 5.97. The Balaban J connectivity index is 1.66. The van der Waals surface area contributed by atoms with Crippen LogP contribution in [0.4, 0.5) is 29.0 Å². The fraction of sp³-hybridized carbons (Fsp3) is 0.125. The Morgan fingerprint density at radius 1 is 0.886 bits per heavy atom. The molecule has 11 heteroatoms. The summed E-state index contributed by atoms with van der Waals surface area (Å²) in [5.41, 5.74) is 2.53. The van der Waals surface area contributed by atoms with Gasteiger partial charge in [-0.2, -0.15) is 0 Å². The molecule has 0 amide bonds. The third-order valence-corrected chi connectivity index (χ3v) is 4.91. The topological polar surface area (TPSA) is 137 Å². The molecule has 11 nitrogen and oxygen atoms in total. The molecule has 178 valence electrons. The Morgan fingerprint density at radius 3 is 1.91 bits per heavy atom. The number of carboxylic acid groups (broad SMARTS) is 1. The number of aliphatic hydroxyl groups excluding tert-OH is 1. The van der Waals surface area contributed by atoms with Crippen LogP contribution < -0.4 is 24.8 Å². The number of ether oxygens (including phenoxy) is 1. The maximum atomic E-state index is 11.1. The number of carboxylic acids is 1. The second-order valence-electron chi connectivity index (χ2n) is 7.57. The van der Waals surface area contributed by atoms with Crippen LogP contribution in [0.1, 0.15) is 10.4 Å². The second-order valence-corrected chi connectivity index (χ2v) is 7.57. The van der Waals surface area contributed by atoms with Gasteiger partial charge in [0.1, 0.15) is 5.75 Å². The lowest BCUT2D eigenvalue weighted by atomic mass is 10.2. The van der Waals surface area contributed by atoms with Crippen LogP contribution in [0, 0.1) is 0 Å². The van der Waals surface area contributed by atoms with Gasteiger partial charge in [-0.3, -0.25) is 0 Å². The minimum atomic E-state index is -1.00. The van der Waals surface area contributed by atoms with Crippen molar-refractivity contribution in [1.82, 2.24) is 15.0 Å². The molecule has 0 spiro atoms. The second kappa shape index (κ2) is 10.4. The van der Waals surface area contributed by atoms with Gasteiger partial charge in [-0.15, -0.1) is 4.98 Å². The predicted molar refractivity (Wildman–Crippen MR) is 130 cm³/mol. The number of aromatic carboxylic acids is 1. The first-order valence-electron chi connectivity index (χ1n) is 10.6. The normalized spacial score (nSPS) is 10.5. The van der Waals surface area contributed by atoms with E-state index in [-0.39, 0.29) is 11.5 Å². The van der Waals surface area contributed by atoms with Crippen molar-refractivity contribution >= 4 is 34.9 Å². The molecule has 0 aliphatic carbocycles. The molecule has 4 N–H and O–H groups in total. The zero-order valence-corrected chi connectivity index (χ0v) is 19.1. The predicted octanol–water partition coefficient (Wildman–Crippen LogP) is 2.73. The van der Waals surface area contributed by atoms with Crippen molar-refractivity contribution in [2.24, 2.45) is 0 Å². The number of hydrogen-bond acceptors (Lipinski definition) is 9. The van der Waals surface area contributed by atoms with Crippen molar-refractivity contribution in [2.75, 3.05) is 36.4 Å². The summed E-state index contributed by atoms with van der Waals surface area (Å²) in [5, 5.41) is 24.3. The number of nitrogens with zero attached hydrogens (tertiary/aromatic N) is 5. The van der Waals surface area contributed by atoms with Crippen LogP contribution in [0.5, 0.6) is 5.75 Å². The van der Waals surface area contributed by atoms with Gasteiger partial charge < -0.3 is 30.5 Å². The Bertz CT molecular complexity index is 1300. The van der Waals surface area contributed by atoms with Gasteiger partial charge in [0.25, 0.3) is 0 Å². The largest absolute Gasteiger partial charge is 0.478 e. The van der Waals surface area contributed by atoms with E-state index in [9.17, 15) is 4.79 Å². The summed E-state index contributed by atoms with van der Waals surface area (Å²) in [6.07, 6.45) is 3.70. The quantitative estimate of drug-likeness (QED) is 0.212. The number of rotatable bonds is 9. The number of anilines is 5. The summed E-state index contributed by atoms with van der Waals surface area (Å²) in [7, 11) is 3.92. The lowest BCUT2D eigenvalue weighted by Gasteiger charge is -2.11. The van der Waals surface area contributed by atoms with E-state index in [4.69, 9.17) is 14.9 Å². The Morgan fingerprint density at radius 2 is 1.43 bits per heavy atom. The monoisotopic (exact) mass is 474 g/mol. The SMILES string of the molecule is CN(C)c1cc[n+](-c2nc(Nc3ccc(OCO)cc3)nc(Nc3ccc(C(=O)O)cc3)n2)cc1. The highest BCUT2D eigenvalue weighted by Gasteiger charge is 2.19. The third-order valence-electron chi connectivity index (χ3n) is 4.91. The minimum Gasteiger partial charge on any atom is -0.478 e. The van der Waals surface area contributed by atoms with Gasteiger partial charge in [0, 0.05) is 31.2 Å². The maximum Gasteiger partial charge on any atom is 0.444 e. The Labute approximate surface area is 201 Å². The summed E-state index contributed by atoms with van der Waals surface area (Å²) in [6.45, 7) is -0.407. The molecule has 0 aliphatic rings. The first kappa shape index (κ1) is 23.4. The van der Waals surface area contributed by atoms with Gasteiger partial charge in [0.05, 0.1) is 18.0 Å². The van der Waals surface area contributed by atoms with Crippen LogP contribution in [0.2, 0.25) is 0 Å². The number of benzene rings is 2. The van der Waals surface area contributed by atoms with Crippen LogP contribution in [-0.4, -0.2) is 52.0 Å². The van der Waals surface area contributed by atoms with E-state index in [1.165, 1.54) is 12.1 Å². The highest BCUT2D eigenvalue weighted by molar-refractivity contribution is 5.88. The number of nitrogens with one attached hydrogen (secondary N) is 2. The lowest BCUT2D eigenvalue weighted by molar-refractivity contribution is -0.603. The van der Waals surface area contributed by atoms with Gasteiger partial charge >= 0.3 is 23.8 Å². The van der Waals surface area contributed by atoms with Gasteiger partial charge in [-0.1, -0.05) is 0 Å². The number of aromatic nitrogens is 4. The highest BCUT2D eigenvalue weighted by Crippen LogP contribution is 2.20. The molecule has 0 saturated carbocycles. The molecule has 4 rings (SSSR count). The fourth-order valence-corrected chi connectivity index (χ4v) is 3.11. The van der Waals surface area contributed by atoms with Crippen molar-refractivity contribution < 1.29 is 24.3 Å². The minimum absolute atomic E-state index is 0.180. The summed E-state index contributed by atoms with van der Waals surface area (Å²) in [4.78, 5) is 26.6. The van der Waals surface area contributed by atoms with E-state index in [1.54, 1.807) is 41.0 Å². The molecule has 0 atom stereocenters. The average molecular weight is 475 g/mol. The summed E-state index contributed by atoms with van der Waals surface area (Å²) in [5.74, 6) is 0.457. The van der Waals surface area contributed by atoms with E-state index in [1.807, 2.05) is 43.5 Å². The number of pyridine rings is 1. The first-order chi connectivity index (χ1) is 16.9. The van der Waals surface area contributed by atoms with Crippen molar-refractivity contribution in [2.45, 2.75) is 0 Å². The number of hydrogen-bond donors (Lipinski definition) is 4. The average Bonchev–Trinajstić information content (AvgIpc) is 2.86. The van der Waals surface area contributed by atoms with E-state index < -0.39 is 12.8 Å². The summed E-state index contributed by atoms with van der Waals surface area (Å²) in [6, 6.07) is 17.1. The molecule has 0 saturated heterocycles. The van der Waals surface area contributed by atoms with Crippen LogP contribution in [0.3, 0.4) is 0 Å². The molecule has 35 heavy (non-hydrogen) atoms. The van der Waals surface area contributed by atoms with Gasteiger partial charge in [0.2, 0.25) is 0 Å². The van der Waals surface area contributed by atoms with E-state index >= 15 is 0 Å². The van der Waals surface area contributed by atoms with Gasteiger partial charge in [0.15, 0.2) is 6.79 Å². The maximum absolute atomic E-state index is 11.1. The first-order valence-corrected chi connectivity index (χ1v) is 10.6. The van der Waals surface area contributed by atoms with Crippen molar-refractivity contribution in [3.05, 3.63) is 78.6 Å². The Kier molecular flexibility index (Phi) is 6.98. The molecular formula is C24H24N7O4+. The van der Waals surface area contributed by atoms with Gasteiger partial charge in [-0.05, 0) is 70.6 Å². The van der Waals surface area contributed by atoms with Crippen LogP contribution >= 0.6 is 0 Å². The lowest BCUT2D eigenvalue weighted by Crippen LogP contribution is -2.33. The van der Waals surface area contributed by atoms with E-state index in [2.05, 4.69) is 25.6 Å². The number of carbonyl (C=O) groups is 1. The van der Waals surface area contributed by atoms with E-state index in [0.29, 0.717) is 29.0 Å².